The lowest BCUT2D eigenvalue weighted by Gasteiger charge is -2.19. The largest absolute Gasteiger partial charge is 0.492 e. The minimum absolute atomic E-state index is 0.0661. The molecule has 0 aromatic heterocycles. The van der Waals surface area contributed by atoms with Crippen molar-refractivity contribution in [1.82, 2.24) is 4.72 Å². The van der Waals surface area contributed by atoms with Crippen molar-refractivity contribution in [1.29, 1.82) is 0 Å². The van der Waals surface area contributed by atoms with Gasteiger partial charge in [-0.15, -0.1) is 0 Å². The summed E-state index contributed by atoms with van der Waals surface area (Å²) in [6.07, 6.45) is 0. The van der Waals surface area contributed by atoms with Gasteiger partial charge in [-0.3, -0.25) is 0 Å². The van der Waals surface area contributed by atoms with Crippen molar-refractivity contribution in [3.05, 3.63) is 54.1 Å². The molecule has 0 radical (unpaired) electrons. The van der Waals surface area contributed by atoms with E-state index in [4.69, 9.17) is 4.74 Å². The van der Waals surface area contributed by atoms with Crippen molar-refractivity contribution >= 4 is 15.7 Å². The van der Waals surface area contributed by atoms with Crippen LogP contribution in [0.4, 0.5) is 5.69 Å². The molecular weight excluding hydrogens is 312 g/mol. The normalized spacial score (nSPS) is 12.7. The van der Waals surface area contributed by atoms with E-state index in [1.165, 1.54) is 7.05 Å². The zero-order valence-corrected chi connectivity index (χ0v) is 14.4. The van der Waals surface area contributed by atoms with Crippen LogP contribution in [0.15, 0.2) is 53.4 Å². The number of anilines is 1. The second-order valence-corrected chi connectivity index (χ2v) is 6.96. The quantitative estimate of drug-likeness (QED) is 0.816. The van der Waals surface area contributed by atoms with Gasteiger partial charge in [0, 0.05) is 6.04 Å². The van der Waals surface area contributed by atoms with Crippen molar-refractivity contribution in [2.75, 3.05) is 19.0 Å². The molecule has 0 amide bonds. The smallest absolute Gasteiger partial charge is 0.240 e. The highest BCUT2D eigenvalue weighted by Gasteiger charge is 2.14. The van der Waals surface area contributed by atoms with Crippen LogP contribution in [0.2, 0.25) is 0 Å². The molecule has 0 fully saturated rings. The van der Waals surface area contributed by atoms with E-state index in [-0.39, 0.29) is 10.9 Å². The summed E-state index contributed by atoms with van der Waals surface area (Å²) in [6, 6.07) is 14.5. The van der Waals surface area contributed by atoms with Crippen LogP contribution in [0, 0.1) is 0 Å². The van der Waals surface area contributed by atoms with Gasteiger partial charge in [0.05, 0.1) is 17.2 Å². The molecule has 0 aliphatic rings. The number of benzene rings is 2. The number of sulfonamides is 1. The molecule has 1 atom stereocenters. The monoisotopic (exact) mass is 334 g/mol. The van der Waals surface area contributed by atoms with Crippen LogP contribution in [-0.4, -0.2) is 22.1 Å². The highest BCUT2D eigenvalue weighted by atomic mass is 32.2. The molecule has 124 valence electrons. The van der Waals surface area contributed by atoms with Crippen LogP contribution < -0.4 is 14.8 Å². The third kappa shape index (κ3) is 4.24. The van der Waals surface area contributed by atoms with E-state index < -0.39 is 10.0 Å². The summed E-state index contributed by atoms with van der Waals surface area (Å²) in [6.45, 7) is 4.50. The lowest BCUT2D eigenvalue weighted by atomic mass is 10.1. The average Bonchev–Trinajstić information content (AvgIpc) is 2.57. The Labute approximate surface area is 137 Å². The van der Waals surface area contributed by atoms with E-state index >= 15 is 0 Å². The van der Waals surface area contributed by atoms with Gasteiger partial charge in [0.1, 0.15) is 5.75 Å². The van der Waals surface area contributed by atoms with Gasteiger partial charge >= 0.3 is 0 Å². The van der Waals surface area contributed by atoms with Gasteiger partial charge in [0.15, 0.2) is 0 Å². The fraction of sp³-hybridized carbons (Fsp3) is 0.294. The lowest BCUT2D eigenvalue weighted by molar-refractivity contribution is 0.341. The summed E-state index contributed by atoms with van der Waals surface area (Å²) in [5.41, 5.74) is 1.76. The standard InChI is InChI=1S/C17H22N2O3S/c1-4-22-17-11-6-5-10-16(17)19-13(2)14-8-7-9-15(12-14)23(20,21)18-3/h5-13,18-19H,4H2,1-3H3/t13-/m1/s1. The van der Waals surface area contributed by atoms with E-state index in [2.05, 4.69) is 10.0 Å². The zero-order chi connectivity index (χ0) is 16.9. The Morgan fingerprint density at radius 1 is 1.13 bits per heavy atom. The van der Waals surface area contributed by atoms with Gasteiger partial charge in [-0.25, -0.2) is 13.1 Å². The van der Waals surface area contributed by atoms with E-state index in [9.17, 15) is 8.42 Å². The fourth-order valence-corrected chi connectivity index (χ4v) is 3.04. The SMILES string of the molecule is CCOc1ccccc1N[C@H](C)c1cccc(S(=O)(=O)NC)c1. The predicted octanol–water partition coefficient (Wildman–Crippen LogP) is 3.17. The molecule has 2 aromatic rings. The van der Waals surface area contributed by atoms with Gasteiger partial charge in [-0.2, -0.15) is 0 Å². The van der Waals surface area contributed by atoms with E-state index in [1.54, 1.807) is 18.2 Å². The molecule has 23 heavy (non-hydrogen) atoms. The van der Waals surface area contributed by atoms with Crippen molar-refractivity contribution in [2.24, 2.45) is 0 Å². The molecule has 2 rings (SSSR count). The Morgan fingerprint density at radius 3 is 2.57 bits per heavy atom. The van der Waals surface area contributed by atoms with Crippen molar-refractivity contribution < 1.29 is 13.2 Å². The number of rotatable bonds is 7. The summed E-state index contributed by atoms with van der Waals surface area (Å²) in [5.74, 6) is 0.779. The van der Waals surface area contributed by atoms with Crippen molar-refractivity contribution in [3.8, 4) is 5.75 Å². The van der Waals surface area contributed by atoms with Gasteiger partial charge in [-0.1, -0.05) is 24.3 Å². The molecule has 0 spiro atoms. The highest BCUT2D eigenvalue weighted by Crippen LogP contribution is 2.28. The molecule has 6 heteroatoms. The molecule has 0 unspecified atom stereocenters. The number of para-hydroxylation sites is 2. The van der Waals surface area contributed by atoms with Gasteiger partial charge < -0.3 is 10.1 Å². The van der Waals surface area contributed by atoms with E-state index in [1.807, 2.05) is 44.2 Å². The third-order valence-electron chi connectivity index (χ3n) is 3.50. The van der Waals surface area contributed by atoms with Crippen molar-refractivity contribution in [2.45, 2.75) is 24.8 Å². The van der Waals surface area contributed by atoms with Crippen LogP contribution >= 0.6 is 0 Å². The number of hydrogen-bond acceptors (Lipinski definition) is 4. The fourth-order valence-electron chi connectivity index (χ4n) is 2.25. The maximum atomic E-state index is 11.9. The maximum Gasteiger partial charge on any atom is 0.240 e. The molecule has 0 aliphatic carbocycles. The van der Waals surface area contributed by atoms with Crippen molar-refractivity contribution in [3.63, 3.8) is 0 Å². The lowest BCUT2D eigenvalue weighted by Crippen LogP contribution is -2.19. The molecule has 2 aromatic carbocycles. The molecule has 0 bridgehead atoms. The molecule has 0 saturated carbocycles. The summed E-state index contributed by atoms with van der Waals surface area (Å²) < 4.78 is 31.8. The summed E-state index contributed by atoms with van der Waals surface area (Å²) >= 11 is 0. The Morgan fingerprint density at radius 2 is 1.87 bits per heavy atom. The van der Waals surface area contributed by atoms with Gasteiger partial charge in [0.25, 0.3) is 0 Å². The third-order valence-corrected chi connectivity index (χ3v) is 4.91. The van der Waals surface area contributed by atoms with Crippen LogP contribution in [0.5, 0.6) is 5.75 Å². The summed E-state index contributed by atoms with van der Waals surface area (Å²) in [7, 11) is -2.04. The molecule has 0 saturated heterocycles. The predicted molar refractivity (Wildman–Crippen MR) is 92.3 cm³/mol. The molecule has 5 nitrogen and oxygen atoms in total. The summed E-state index contributed by atoms with van der Waals surface area (Å²) in [4.78, 5) is 0.254. The van der Waals surface area contributed by atoms with E-state index in [0.717, 1.165) is 17.0 Å². The second kappa shape index (κ2) is 7.48. The average molecular weight is 334 g/mol. The first-order chi connectivity index (χ1) is 11.0. The van der Waals surface area contributed by atoms with Crippen LogP contribution in [0.1, 0.15) is 25.5 Å². The first kappa shape index (κ1) is 17.3. The minimum Gasteiger partial charge on any atom is -0.492 e. The number of nitrogens with one attached hydrogen (secondary N) is 2. The maximum absolute atomic E-state index is 11.9. The molecule has 0 heterocycles. The van der Waals surface area contributed by atoms with Crippen LogP contribution in [-0.2, 0) is 10.0 Å². The molecule has 2 N–H and O–H groups in total. The topological polar surface area (TPSA) is 67.4 Å². The second-order valence-electron chi connectivity index (χ2n) is 5.08. The van der Waals surface area contributed by atoms with Crippen LogP contribution in [0.25, 0.3) is 0 Å². The Balaban J connectivity index is 2.25. The Bertz CT molecular complexity index is 760. The Hall–Kier alpha value is -2.05. The van der Waals surface area contributed by atoms with Gasteiger partial charge in [0.2, 0.25) is 10.0 Å². The first-order valence-corrected chi connectivity index (χ1v) is 8.98. The van der Waals surface area contributed by atoms with E-state index in [0.29, 0.717) is 6.61 Å². The number of hydrogen-bond donors (Lipinski definition) is 2. The van der Waals surface area contributed by atoms with Crippen LogP contribution in [0.3, 0.4) is 0 Å². The highest BCUT2D eigenvalue weighted by molar-refractivity contribution is 7.89. The molecular formula is C17H22N2O3S. The molecule has 0 aliphatic heterocycles. The first-order valence-electron chi connectivity index (χ1n) is 7.49. The van der Waals surface area contributed by atoms with Gasteiger partial charge in [-0.05, 0) is 50.7 Å². The Kier molecular flexibility index (Phi) is 5.63. The number of ether oxygens (including phenoxy) is 1. The summed E-state index contributed by atoms with van der Waals surface area (Å²) in [5, 5.41) is 3.37. The zero-order valence-electron chi connectivity index (χ0n) is 13.5. The minimum atomic E-state index is -3.45.